The van der Waals surface area contributed by atoms with E-state index >= 15 is 0 Å². The van der Waals surface area contributed by atoms with Crippen molar-refractivity contribution in [2.75, 3.05) is 13.1 Å². The van der Waals surface area contributed by atoms with Gasteiger partial charge in [0.05, 0.1) is 0 Å². The van der Waals surface area contributed by atoms with Gasteiger partial charge in [-0.25, -0.2) is 0 Å². The molecule has 1 aliphatic heterocycles. The van der Waals surface area contributed by atoms with Crippen molar-refractivity contribution < 1.29 is 0 Å². The van der Waals surface area contributed by atoms with E-state index in [0.717, 1.165) is 25.6 Å². The molecule has 2 nitrogen and oxygen atoms in total. The third-order valence-corrected chi connectivity index (χ3v) is 4.14. The van der Waals surface area contributed by atoms with Crippen LogP contribution in [0, 0.1) is 11.8 Å². The number of piperidine rings is 1. The Bertz CT molecular complexity index is 336. The van der Waals surface area contributed by atoms with Gasteiger partial charge in [0.2, 0.25) is 0 Å². The molecule has 1 heterocycles. The van der Waals surface area contributed by atoms with Crippen molar-refractivity contribution in [2.45, 2.75) is 32.9 Å². The Morgan fingerprint density at radius 3 is 2.59 bits per heavy atom. The Hall–Kier alpha value is -0.860. The van der Waals surface area contributed by atoms with Crippen molar-refractivity contribution in [3.05, 3.63) is 35.9 Å². The van der Waals surface area contributed by atoms with Gasteiger partial charge < -0.3 is 5.73 Å². The SMILES string of the molecule is CC1CC(C)N(Cc2ccccc2)CC1CN. The van der Waals surface area contributed by atoms with Crippen LogP contribution in [0.3, 0.4) is 0 Å². The van der Waals surface area contributed by atoms with Gasteiger partial charge in [-0.2, -0.15) is 0 Å². The lowest BCUT2D eigenvalue weighted by Crippen LogP contribution is -2.46. The van der Waals surface area contributed by atoms with Gasteiger partial charge in [0.1, 0.15) is 0 Å². The van der Waals surface area contributed by atoms with Gasteiger partial charge in [0.25, 0.3) is 0 Å². The third kappa shape index (κ3) is 3.08. The van der Waals surface area contributed by atoms with E-state index in [0.29, 0.717) is 12.0 Å². The maximum atomic E-state index is 5.87. The minimum absolute atomic E-state index is 0.662. The minimum atomic E-state index is 0.662. The molecule has 1 fully saturated rings. The molecule has 0 spiro atoms. The van der Waals surface area contributed by atoms with Crippen LogP contribution in [-0.4, -0.2) is 24.0 Å². The molecule has 2 N–H and O–H groups in total. The predicted octanol–water partition coefficient (Wildman–Crippen LogP) is 2.49. The standard InChI is InChI=1S/C15H24N2/c1-12-8-13(2)17(11-15(12)9-16)10-14-6-4-3-5-7-14/h3-7,12-13,15H,8-11,16H2,1-2H3. The van der Waals surface area contributed by atoms with E-state index in [9.17, 15) is 0 Å². The summed E-state index contributed by atoms with van der Waals surface area (Å²) in [7, 11) is 0. The van der Waals surface area contributed by atoms with Crippen LogP contribution in [-0.2, 0) is 6.54 Å². The maximum absolute atomic E-state index is 5.87. The zero-order chi connectivity index (χ0) is 12.3. The average molecular weight is 232 g/mol. The zero-order valence-corrected chi connectivity index (χ0v) is 11.0. The normalized spacial score (nSPS) is 30.4. The highest BCUT2D eigenvalue weighted by molar-refractivity contribution is 5.14. The van der Waals surface area contributed by atoms with Crippen LogP contribution >= 0.6 is 0 Å². The highest BCUT2D eigenvalue weighted by Crippen LogP contribution is 2.27. The van der Waals surface area contributed by atoms with E-state index in [2.05, 4.69) is 49.1 Å². The summed E-state index contributed by atoms with van der Waals surface area (Å²) in [5, 5.41) is 0. The molecule has 0 amide bonds. The molecule has 1 aromatic carbocycles. The molecule has 1 aliphatic rings. The summed E-state index contributed by atoms with van der Waals surface area (Å²) in [5.41, 5.74) is 7.28. The van der Waals surface area contributed by atoms with Crippen molar-refractivity contribution in [3.8, 4) is 0 Å². The van der Waals surface area contributed by atoms with Crippen LogP contribution in [0.1, 0.15) is 25.8 Å². The lowest BCUT2D eigenvalue weighted by Gasteiger charge is -2.41. The van der Waals surface area contributed by atoms with E-state index in [1.54, 1.807) is 0 Å². The Morgan fingerprint density at radius 1 is 1.24 bits per heavy atom. The first-order valence-electron chi connectivity index (χ1n) is 6.68. The summed E-state index contributed by atoms with van der Waals surface area (Å²) in [6.45, 7) is 7.71. The fraction of sp³-hybridized carbons (Fsp3) is 0.600. The molecule has 1 aromatic rings. The first-order valence-corrected chi connectivity index (χ1v) is 6.68. The number of hydrogen-bond acceptors (Lipinski definition) is 2. The highest BCUT2D eigenvalue weighted by Gasteiger charge is 2.29. The molecule has 0 aliphatic carbocycles. The molecular formula is C15H24N2. The van der Waals surface area contributed by atoms with Crippen LogP contribution in [0.4, 0.5) is 0 Å². The summed E-state index contributed by atoms with van der Waals surface area (Å²) in [6, 6.07) is 11.4. The Labute approximate surface area is 105 Å². The van der Waals surface area contributed by atoms with E-state index in [1.165, 1.54) is 12.0 Å². The van der Waals surface area contributed by atoms with E-state index in [-0.39, 0.29) is 0 Å². The molecule has 2 heteroatoms. The summed E-state index contributed by atoms with van der Waals surface area (Å²) >= 11 is 0. The second-order valence-corrected chi connectivity index (χ2v) is 5.47. The number of likely N-dealkylation sites (tertiary alicyclic amines) is 1. The predicted molar refractivity (Wildman–Crippen MR) is 72.6 cm³/mol. The van der Waals surface area contributed by atoms with Crippen LogP contribution in [0.2, 0.25) is 0 Å². The fourth-order valence-electron chi connectivity index (χ4n) is 2.89. The lowest BCUT2D eigenvalue weighted by molar-refractivity contribution is 0.0750. The Morgan fingerprint density at radius 2 is 1.94 bits per heavy atom. The highest BCUT2D eigenvalue weighted by atomic mass is 15.2. The first-order chi connectivity index (χ1) is 8.20. The van der Waals surface area contributed by atoms with Gasteiger partial charge in [-0.3, -0.25) is 4.90 Å². The molecule has 17 heavy (non-hydrogen) atoms. The monoisotopic (exact) mass is 232 g/mol. The lowest BCUT2D eigenvalue weighted by atomic mass is 9.83. The van der Waals surface area contributed by atoms with E-state index in [1.807, 2.05) is 0 Å². The summed E-state index contributed by atoms with van der Waals surface area (Å²) in [5.74, 6) is 1.43. The van der Waals surface area contributed by atoms with Gasteiger partial charge in [-0.05, 0) is 37.3 Å². The van der Waals surface area contributed by atoms with Gasteiger partial charge in [0.15, 0.2) is 0 Å². The Balaban J connectivity index is 2.00. The van der Waals surface area contributed by atoms with Crippen molar-refractivity contribution in [1.82, 2.24) is 4.90 Å². The molecule has 2 rings (SSSR count). The molecular weight excluding hydrogens is 208 g/mol. The molecule has 94 valence electrons. The minimum Gasteiger partial charge on any atom is -0.330 e. The third-order valence-electron chi connectivity index (χ3n) is 4.14. The molecule has 3 unspecified atom stereocenters. The molecule has 0 aromatic heterocycles. The largest absolute Gasteiger partial charge is 0.330 e. The number of nitrogens with two attached hydrogens (primary N) is 1. The quantitative estimate of drug-likeness (QED) is 0.867. The van der Waals surface area contributed by atoms with Crippen LogP contribution in [0.25, 0.3) is 0 Å². The maximum Gasteiger partial charge on any atom is 0.0236 e. The second-order valence-electron chi connectivity index (χ2n) is 5.47. The van der Waals surface area contributed by atoms with E-state index in [4.69, 9.17) is 5.73 Å². The number of benzene rings is 1. The van der Waals surface area contributed by atoms with Crippen molar-refractivity contribution in [1.29, 1.82) is 0 Å². The average Bonchev–Trinajstić information content (AvgIpc) is 2.34. The second kappa shape index (κ2) is 5.65. The van der Waals surface area contributed by atoms with Crippen LogP contribution in [0.15, 0.2) is 30.3 Å². The number of rotatable bonds is 3. The van der Waals surface area contributed by atoms with Crippen molar-refractivity contribution in [2.24, 2.45) is 17.6 Å². The summed E-state index contributed by atoms with van der Waals surface area (Å²) in [4.78, 5) is 2.58. The van der Waals surface area contributed by atoms with Gasteiger partial charge in [-0.15, -0.1) is 0 Å². The van der Waals surface area contributed by atoms with Crippen LogP contribution in [0.5, 0.6) is 0 Å². The topological polar surface area (TPSA) is 29.3 Å². The van der Waals surface area contributed by atoms with Gasteiger partial charge >= 0.3 is 0 Å². The molecule has 0 bridgehead atoms. The molecule has 1 saturated heterocycles. The first kappa shape index (κ1) is 12.6. The number of nitrogens with zero attached hydrogens (tertiary/aromatic N) is 1. The van der Waals surface area contributed by atoms with Crippen molar-refractivity contribution >= 4 is 0 Å². The van der Waals surface area contributed by atoms with E-state index < -0.39 is 0 Å². The summed E-state index contributed by atoms with van der Waals surface area (Å²) < 4.78 is 0. The molecule has 0 saturated carbocycles. The van der Waals surface area contributed by atoms with Crippen molar-refractivity contribution in [3.63, 3.8) is 0 Å². The fourth-order valence-corrected chi connectivity index (χ4v) is 2.89. The van der Waals surface area contributed by atoms with Gasteiger partial charge in [0, 0.05) is 19.1 Å². The Kier molecular flexibility index (Phi) is 4.19. The smallest absolute Gasteiger partial charge is 0.0236 e. The van der Waals surface area contributed by atoms with Gasteiger partial charge in [-0.1, -0.05) is 37.3 Å². The number of hydrogen-bond donors (Lipinski definition) is 1. The van der Waals surface area contributed by atoms with Crippen LogP contribution < -0.4 is 5.73 Å². The molecule has 0 radical (unpaired) electrons. The summed E-state index contributed by atoms with van der Waals surface area (Å²) in [6.07, 6.45) is 1.27. The molecule has 3 atom stereocenters. The zero-order valence-electron chi connectivity index (χ0n) is 11.0.